The summed E-state index contributed by atoms with van der Waals surface area (Å²) in [5, 5.41) is 25.8. The third-order valence-electron chi connectivity index (χ3n) is 6.38. The van der Waals surface area contributed by atoms with Crippen molar-refractivity contribution in [3.05, 3.63) is 102 Å². The van der Waals surface area contributed by atoms with Crippen molar-refractivity contribution in [2.75, 3.05) is 42.6 Å². The molecule has 3 rings (SSSR count). The fourth-order valence-corrected chi connectivity index (χ4v) is 3.89. The van der Waals surface area contributed by atoms with Gasteiger partial charge in [-0.15, -0.1) is 0 Å². The molecule has 0 aliphatic rings. The average molecular weight is 650 g/mol. The van der Waals surface area contributed by atoms with Gasteiger partial charge in [0.25, 0.3) is 0 Å². The Morgan fingerprint density at radius 2 is 1.04 bits per heavy atom. The first-order valence-corrected chi connectivity index (χ1v) is 15.0. The van der Waals surface area contributed by atoms with Crippen molar-refractivity contribution in [1.82, 2.24) is 0 Å². The highest BCUT2D eigenvalue weighted by Gasteiger charge is 2.08. The van der Waals surface area contributed by atoms with Crippen molar-refractivity contribution in [3.63, 3.8) is 0 Å². The Bertz CT molecular complexity index is 1420. The molecular formula is C34H39N3O10-2. The minimum atomic E-state index is -0.435. The second-order valence-electron chi connectivity index (χ2n) is 9.95. The number of carbonyl (C=O) groups is 2. The van der Waals surface area contributed by atoms with E-state index in [9.17, 15) is 20.0 Å². The third kappa shape index (κ3) is 13.2. The van der Waals surface area contributed by atoms with Crippen LogP contribution in [0.5, 0.6) is 23.0 Å². The van der Waals surface area contributed by atoms with E-state index in [-0.39, 0.29) is 28.6 Å². The minimum absolute atomic E-state index is 0.0724. The lowest BCUT2D eigenvalue weighted by atomic mass is 10.2. The van der Waals surface area contributed by atoms with Crippen LogP contribution in [0.4, 0.5) is 17.1 Å². The molecule has 0 fully saturated rings. The Balaban J connectivity index is 1.38. The summed E-state index contributed by atoms with van der Waals surface area (Å²) in [6.45, 7) is 8.31. The molecule has 0 unspecified atom stereocenters. The Morgan fingerprint density at radius 3 is 1.49 bits per heavy atom. The lowest BCUT2D eigenvalue weighted by molar-refractivity contribution is -0.138. The van der Waals surface area contributed by atoms with Gasteiger partial charge in [0.1, 0.15) is 11.5 Å². The lowest BCUT2D eigenvalue weighted by Crippen LogP contribution is -2.21. The van der Waals surface area contributed by atoms with Gasteiger partial charge in [-0.1, -0.05) is 13.2 Å². The number of anilines is 3. The number of nitrogens with zero attached hydrogens (tertiary/aromatic N) is 2. The normalized spacial score (nSPS) is 10.3. The monoisotopic (exact) mass is 649 g/mol. The largest absolute Gasteiger partial charge is 0.724 e. The quantitative estimate of drug-likeness (QED) is 0.0416. The zero-order valence-corrected chi connectivity index (χ0v) is 26.0. The average Bonchev–Trinajstić information content (AvgIpc) is 3.08. The molecule has 0 saturated carbocycles. The molecule has 3 aromatic carbocycles. The number of unbranched alkanes of at least 4 members (excludes halogenated alkanes) is 4. The number of ether oxygens (including phenoxy) is 4. The van der Waals surface area contributed by atoms with E-state index in [1.165, 1.54) is 18.2 Å². The summed E-state index contributed by atoms with van der Waals surface area (Å²) in [7, 11) is 0. The molecule has 0 bridgehead atoms. The van der Waals surface area contributed by atoms with Gasteiger partial charge in [-0.05, 0) is 99.2 Å². The first-order chi connectivity index (χ1) is 22.8. The van der Waals surface area contributed by atoms with Crippen molar-refractivity contribution >= 4 is 29.0 Å². The van der Waals surface area contributed by atoms with E-state index in [2.05, 4.69) is 13.2 Å². The fraction of sp³-hybridized carbons (Fsp3) is 0.294. The number of esters is 2. The number of nitrogens with two attached hydrogens (primary N) is 1. The lowest BCUT2D eigenvalue weighted by Gasteiger charge is -2.31. The van der Waals surface area contributed by atoms with Crippen molar-refractivity contribution in [2.45, 2.75) is 38.5 Å². The Kier molecular flexibility index (Phi) is 15.3. The van der Waals surface area contributed by atoms with Crippen LogP contribution in [-0.4, -0.2) is 38.4 Å². The van der Waals surface area contributed by atoms with E-state index in [1.54, 1.807) is 48.5 Å². The van der Waals surface area contributed by atoms with Crippen LogP contribution in [0.1, 0.15) is 38.5 Å². The standard InChI is InChI=1S/C34H39N3O10/c1-3-33(38)44-23-9-5-7-21-42-28-15-11-26(12-16-28)36(40)46-30-19-20-32(31(35)25-30)47-37(41)27-13-17-29(18-14-27)43-22-8-6-10-24-45-34(39)4-2/h3-4,11-20,25H,1-2,5-10,21-24,35H2/q-2. The van der Waals surface area contributed by atoms with Crippen molar-refractivity contribution < 1.29 is 38.2 Å². The number of benzene rings is 3. The first kappa shape index (κ1) is 36.1. The molecule has 0 heterocycles. The molecule has 0 amide bonds. The van der Waals surface area contributed by atoms with Gasteiger partial charge in [0.15, 0.2) is 11.5 Å². The zero-order chi connectivity index (χ0) is 33.9. The molecule has 0 aliphatic heterocycles. The molecule has 0 spiro atoms. The fourth-order valence-electron chi connectivity index (χ4n) is 3.89. The van der Waals surface area contributed by atoms with Crippen LogP contribution in [0.15, 0.2) is 92.0 Å². The number of hydrogen-bond acceptors (Lipinski definition) is 13. The van der Waals surface area contributed by atoms with Gasteiger partial charge < -0.3 is 44.8 Å². The first-order valence-electron chi connectivity index (χ1n) is 15.0. The molecule has 0 saturated heterocycles. The second-order valence-corrected chi connectivity index (χ2v) is 9.95. The number of carbonyl (C=O) groups excluding carboxylic acids is 2. The molecule has 252 valence electrons. The molecule has 13 heteroatoms. The number of rotatable bonds is 22. The number of nitrogen functional groups attached to an aromatic ring is 1. The van der Waals surface area contributed by atoms with E-state index in [4.69, 9.17) is 34.4 Å². The Morgan fingerprint density at radius 1 is 0.617 bits per heavy atom. The van der Waals surface area contributed by atoms with E-state index in [0.717, 1.165) is 50.7 Å². The van der Waals surface area contributed by atoms with Crippen LogP contribution in [0.25, 0.3) is 0 Å². The predicted molar refractivity (Wildman–Crippen MR) is 178 cm³/mol. The van der Waals surface area contributed by atoms with Crippen LogP contribution < -0.4 is 35.3 Å². The molecule has 13 nitrogen and oxygen atoms in total. The Hall–Kier alpha value is -5.40. The summed E-state index contributed by atoms with van der Waals surface area (Å²) in [6.07, 6.45) is 6.92. The molecule has 0 aromatic heterocycles. The third-order valence-corrected chi connectivity index (χ3v) is 6.38. The maximum Gasteiger partial charge on any atom is 0.330 e. The molecule has 3 aromatic rings. The van der Waals surface area contributed by atoms with Crippen molar-refractivity contribution in [3.8, 4) is 23.0 Å². The second kappa shape index (κ2) is 19.9. The minimum Gasteiger partial charge on any atom is -0.724 e. The highest BCUT2D eigenvalue weighted by molar-refractivity contribution is 5.81. The van der Waals surface area contributed by atoms with Crippen LogP contribution in [0, 0.1) is 10.4 Å². The van der Waals surface area contributed by atoms with Gasteiger partial charge in [0.05, 0.1) is 43.5 Å². The molecule has 0 radical (unpaired) electrons. The van der Waals surface area contributed by atoms with E-state index >= 15 is 0 Å². The smallest absolute Gasteiger partial charge is 0.330 e. The maximum atomic E-state index is 12.6. The van der Waals surface area contributed by atoms with Gasteiger partial charge in [-0.2, -0.15) is 0 Å². The molecule has 47 heavy (non-hydrogen) atoms. The van der Waals surface area contributed by atoms with Gasteiger partial charge in [0.2, 0.25) is 0 Å². The van der Waals surface area contributed by atoms with Crippen LogP contribution in [0.3, 0.4) is 0 Å². The number of hydrogen-bond donors (Lipinski definition) is 1. The summed E-state index contributed by atoms with van der Waals surface area (Å²) in [5.41, 5.74) is 6.57. The highest BCUT2D eigenvalue weighted by Crippen LogP contribution is 2.30. The topological polar surface area (TPSA) is 168 Å². The predicted octanol–water partition coefficient (Wildman–Crippen LogP) is 6.42. The summed E-state index contributed by atoms with van der Waals surface area (Å²) in [6, 6.07) is 17.0. The molecule has 0 aliphatic carbocycles. The molecule has 0 atom stereocenters. The van der Waals surface area contributed by atoms with Gasteiger partial charge in [-0.3, -0.25) is 10.5 Å². The molecular weight excluding hydrogens is 610 g/mol. The summed E-state index contributed by atoms with van der Waals surface area (Å²) >= 11 is 0. The van der Waals surface area contributed by atoms with Crippen molar-refractivity contribution in [2.24, 2.45) is 0 Å². The summed E-state index contributed by atoms with van der Waals surface area (Å²) in [4.78, 5) is 32.7. The van der Waals surface area contributed by atoms with E-state index < -0.39 is 11.9 Å². The van der Waals surface area contributed by atoms with E-state index in [1.807, 2.05) is 0 Å². The Labute approximate surface area is 273 Å². The SMILES string of the molecule is C=CC(=O)OCCCCCOc1ccc(N([O-])Oc2ccc(ON([O-])c3ccc(OCCCCCOC(=O)C=C)cc3)c(N)c2)cc1. The maximum absolute atomic E-state index is 12.6. The summed E-state index contributed by atoms with van der Waals surface area (Å²) in [5.74, 6) is 0.520. The van der Waals surface area contributed by atoms with E-state index in [0.29, 0.717) is 48.4 Å². The van der Waals surface area contributed by atoms with Crippen molar-refractivity contribution in [1.29, 1.82) is 0 Å². The van der Waals surface area contributed by atoms with Crippen LogP contribution in [0.2, 0.25) is 0 Å². The zero-order valence-electron chi connectivity index (χ0n) is 26.0. The van der Waals surface area contributed by atoms with Gasteiger partial charge in [0, 0.05) is 18.2 Å². The van der Waals surface area contributed by atoms with Gasteiger partial charge >= 0.3 is 11.9 Å². The molecule has 2 N–H and O–H groups in total. The van der Waals surface area contributed by atoms with Crippen LogP contribution >= 0.6 is 0 Å². The van der Waals surface area contributed by atoms with Gasteiger partial charge in [-0.25, -0.2) is 9.59 Å². The summed E-state index contributed by atoms with van der Waals surface area (Å²) < 4.78 is 21.2. The highest BCUT2D eigenvalue weighted by atomic mass is 16.9. The van der Waals surface area contributed by atoms with Crippen LogP contribution in [-0.2, 0) is 19.1 Å².